The quantitative estimate of drug-likeness (QED) is 0.465. The zero-order chi connectivity index (χ0) is 13.3. The Labute approximate surface area is 94.5 Å². The van der Waals surface area contributed by atoms with Gasteiger partial charge in [0.2, 0.25) is 0 Å². The van der Waals surface area contributed by atoms with Gasteiger partial charge in [0.15, 0.2) is 5.92 Å². The standard InChI is InChI=1S/C9H14F6N2/c10-8(11,12)7(9(13,14)15)6(17-16)4-5-2-1-3-5/h5-7,17H,1-4,16H2. The van der Waals surface area contributed by atoms with Crippen LogP contribution in [0, 0.1) is 11.8 Å². The predicted molar refractivity (Wildman–Crippen MR) is 48.7 cm³/mol. The van der Waals surface area contributed by atoms with E-state index in [0.717, 1.165) is 6.42 Å². The Kier molecular flexibility index (Phi) is 4.29. The fourth-order valence-corrected chi connectivity index (χ4v) is 2.03. The summed E-state index contributed by atoms with van der Waals surface area (Å²) in [5.74, 6) is 1.35. The third-order valence-corrected chi connectivity index (χ3v) is 3.13. The molecule has 0 heterocycles. The van der Waals surface area contributed by atoms with E-state index in [9.17, 15) is 26.3 Å². The monoisotopic (exact) mass is 264 g/mol. The lowest BCUT2D eigenvalue weighted by Gasteiger charge is -2.35. The SMILES string of the molecule is NNC(CC1CCC1)C(C(F)(F)F)C(F)(F)F. The molecule has 0 saturated heterocycles. The van der Waals surface area contributed by atoms with Crippen molar-refractivity contribution in [2.24, 2.45) is 17.7 Å². The summed E-state index contributed by atoms with van der Waals surface area (Å²) in [6, 6.07) is -1.81. The molecule has 0 bridgehead atoms. The first-order valence-electron chi connectivity index (χ1n) is 5.25. The van der Waals surface area contributed by atoms with Crippen molar-refractivity contribution in [2.45, 2.75) is 44.1 Å². The molecule has 3 N–H and O–H groups in total. The largest absolute Gasteiger partial charge is 0.402 e. The van der Waals surface area contributed by atoms with Gasteiger partial charge in [-0.25, -0.2) is 0 Å². The van der Waals surface area contributed by atoms with E-state index in [1.807, 2.05) is 0 Å². The minimum atomic E-state index is -5.33. The van der Waals surface area contributed by atoms with Crippen LogP contribution in [0.15, 0.2) is 0 Å². The maximum Gasteiger partial charge on any atom is 0.402 e. The molecular weight excluding hydrogens is 250 g/mol. The molecule has 1 aliphatic carbocycles. The summed E-state index contributed by atoms with van der Waals surface area (Å²) in [5, 5.41) is 0. The summed E-state index contributed by atoms with van der Waals surface area (Å²) in [7, 11) is 0. The summed E-state index contributed by atoms with van der Waals surface area (Å²) in [6.45, 7) is 0. The molecule has 0 spiro atoms. The Bertz CT molecular complexity index is 231. The highest BCUT2D eigenvalue weighted by molar-refractivity contribution is 4.88. The second-order valence-corrected chi connectivity index (χ2v) is 4.37. The zero-order valence-electron chi connectivity index (χ0n) is 8.91. The van der Waals surface area contributed by atoms with E-state index < -0.39 is 24.3 Å². The molecule has 102 valence electrons. The Morgan fingerprint density at radius 1 is 1.06 bits per heavy atom. The molecular formula is C9H14F6N2. The van der Waals surface area contributed by atoms with Crippen LogP contribution in [-0.2, 0) is 0 Å². The Morgan fingerprint density at radius 2 is 1.53 bits per heavy atom. The lowest BCUT2D eigenvalue weighted by Crippen LogP contribution is -2.54. The third-order valence-electron chi connectivity index (χ3n) is 3.13. The second kappa shape index (κ2) is 5.01. The Balaban J connectivity index is 2.78. The average Bonchev–Trinajstić information content (AvgIpc) is 2.03. The molecule has 0 amide bonds. The number of hydrazine groups is 1. The third kappa shape index (κ3) is 3.74. The van der Waals surface area contributed by atoms with Crippen molar-refractivity contribution < 1.29 is 26.3 Å². The van der Waals surface area contributed by atoms with Gasteiger partial charge >= 0.3 is 12.4 Å². The average molecular weight is 264 g/mol. The van der Waals surface area contributed by atoms with Gasteiger partial charge in [-0.2, -0.15) is 26.3 Å². The fourth-order valence-electron chi connectivity index (χ4n) is 2.03. The number of hydrogen-bond acceptors (Lipinski definition) is 2. The Hall–Kier alpha value is -0.500. The van der Waals surface area contributed by atoms with Gasteiger partial charge in [-0.05, 0) is 12.3 Å². The normalized spacial score (nSPS) is 20.5. The summed E-state index contributed by atoms with van der Waals surface area (Å²) >= 11 is 0. The summed E-state index contributed by atoms with van der Waals surface area (Å²) in [5.41, 5.74) is 1.67. The molecule has 1 aliphatic rings. The second-order valence-electron chi connectivity index (χ2n) is 4.37. The van der Waals surface area contributed by atoms with E-state index >= 15 is 0 Å². The summed E-state index contributed by atoms with van der Waals surface area (Å²) in [6.07, 6.45) is -8.68. The highest BCUT2D eigenvalue weighted by Crippen LogP contribution is 2.44. The number of rotatable bonds is 4. The molecule has 1 fully saturated rings. The first-order chi connectivity index (χ1) is 7.66. The number of nitrogens with two attached hydrogens (primary N) is 1. The van der Waals surface area contributed by atoms with E-state index in [0.29, 0.717) is 12.8 Å². The van der Waals surface area contributed by atoms with E-state index in [-0.39, 0.29) is 12.3 Å². The van der Waals surface area contributed by atoms with Crippen molar-refractivity contribution in [3.05, 3.63) is 0 Å². The van der Waals surface area contributed by atoms with Gasteiger partial charge in [-0.15, -0.1) is 0 Å². The minimum Gasteiger partial charge on any atom is -0.271 e. The van der Waals surface area contributed by atoms with Crippen LogP contribution in [0.4, 0.5) is 26.3 Å². The van der Waals surface area contributed by atoms with Crippen molar-refractivity contribution in [3.8, 4) is 0 Å². The van der Waals surface area contributed by atoms with Crippen molar-refractivity contribution >= 4 is 0 Å². The smallest absolute Gasteiger partial charge is 0.271 e. The molecule has 0 aromatic carbocycles. The van der Waals surface area contributed by atoms with Crippen LogP contribution >= 0.6 is 0 Å². The van der Waals surface area contributed by atoms with Gasteiger partial charge in [0, 0.05) is 6.04 Å². The van der Waals surface area contributed by atoms with Crippen LogP contribution in [0.25, 0.3) is 0 Å². The first-order valence-corrected chi connectivity index (χ1v) is 5.25. The number of halogens is 6. The topological polar surface area (TPSA) is 38.0 Å². The van der Waals surface area contributed by atoms with E-state index in [1.165, 1.54) is 0 Å². The fraction of sp³-hybridized carbons (Fsp3) is 1.00. The maximum atomic E-state index is 12.4. The van der Waals surface area contributed by atoms with Crippen molar-refractivity contribution in [2.75, 3.05) is 0 Å². The predicted octanol–water partition coefficient (Wildman–Crippen LogP) is 2.75. The summed E-state index contributed by atoms with van der Waals surface area (Å²) < 4.78 is 74.5. The van der Waals surface area contributed by atoms with Crippen LogP contribution in [0.5, 0.6) is 0 Å². The van der Waals surface area contributed by atoms with Crippen molar-refractivity contribution in [1.82, 2.24) is 5.43 Å². The molecule has 17 heavy (non-hydrogen) atoms. The molecule has 0 aromatic heterocycles. The molecule has 0 radical (unpaired) electrons. The molecule has 0 aromatic rings. The van der Waals surface area contributed by atoms with E-state index in [4.69, 9.17) is 5.84 Å². The molecule has 1 saturated carbocycles. The van der Waals surface area contributed by atoms with Gasteiger partial charge in [-0.3, -0.25) is 11.3 Å². The van der Waals surface area contributed by atoms with E-state index in [2.05, 4.69) is 0 Å². The number of alkyl halides is 6. The zero-order valence-corrected chi connectivity index (χ0v) is 8.91. The molecule has 1 atom stereocenters. The van der Waals surface area contributed by atoms with Crippen molar-refractivity contribution in [3.63, 3.8) is 0 Å². The number of hydrogen-bond donors (Lipinski definition) is 2. The van der Waals surface area contributed by atoms with Gasteiger partial charge in [0.05, 0.1) is 0 Å². The molecule has 1 rings (SSSR count). The molecule has 8 heteroatoms. The highest BCUT2D eigenvalue weighted by Gasteiger charge is 2.60. The summed E-state index contributed by atoms with van der Waals surface area (Å²) in [4.78, 5) is 0. The van der Waals surface area contributed by atoms with Crippen LogP contribution in [-0.4, -0.2) is 18.4 Å². The number of nitrogens with one attached hydrogen (secondary N) is 1. The van der Waals surface area contributed by atoms with Crippen LogP contribution in [0.1, 0.15) is 25.7 Å². The molecule has 1 unspecified atom stereocenters. The van der Waals surface area contributed by atoms with Crippen LogP contribution < -0.4 is 11.3 Å². The van der Waals surface area contributed by atoms with Gasteiger partial charge in [0.25, 0.3) is 0 Å². The van der Waals surface area contributed by atoms with Gasteiger partial charge < -0.3 is 0 Å². The van der Waals surface area contributed by atoms with Crippen LogP contribution in [0.3, 0.4) is 0 Å². The molecule has 2 nitrogen and oxygen atoms in total. The lowest BCUT2D eigenvalue weighted by atomic mass is 9.78. The maximum absolute atomic E-state index is 12.4. The first kappa shape index (κ1) is 14.6. The van der Waals surface area contributed by atoms with E-state index in [1.54, 1.807) is 5.43 Å². The lowest BCUT2D eigenvalue weighted by molar-refractivity contribution is -0.293. The van der Waals surface area contributed by atoms with Crippen molar-refractivity contribution in [1.29, 1.82) is 0 Å². The van der Waals surface area contributed by atoms with Gasteiger partial charge in [-0.1, -0.05) is 19.3 Å². The van der Waals surface area contributed by atoms with Crippen LogP contribution in [0.2, 0.25) is 0 Å². The van der Waals surface area contributed by atoms with Gasteiger partial charge in [0.1, 0.15) is 0 Å². The highest BCUT2D eigenvalue weighted by atomic mass is 19.4. The minimum absolute atomic E-state index is 0.0942. The molecule has 0 aliphatic heterocycles. The Morgan fingerprint density at radius 3 is 1.76 bits per heavy atom.